The highest BCUT2D eigenvalue weighted by Gasteiger charge is 2.29. The van der Waals surface area contributed by atoms with Crippen LogP contribution in [0.1, 0.15) is 37.0 Å². The maximum atomic E-state index is 13.5. The molecule has 1 saturated heterocycles. The molecule has 1 aromatic carbocycles. The molecule has 0 aromatic heterocycles. The van der Waals surface area contributed by atoms with Gasteiger partial charge in [0.1, 0.15) is 5.82 Å². The number of nitrogens with zero attached hydrogens (tertiary/aromatic N) is 1. The van der Waals surface area contributed by atoms with Gasteiger partial charge >= 0.3 is 0 Å². The van der Waals surface area contributed by atoms with Gasteiger partial charge in [-0.15, -0.1) is 0 Å². The number of benzene rings is 1. The van der Waals surface area contributed by atoms with Gasteiger partial charge in [-0.3, -0.25) is 4.79 Å². The van der Waals surface area contributed by atoms with Gasteiger partial charge in [-0.25, -0.2) is 4.39 Å². The molecule has 0 aliphatic carbocycles. The Morgan fingerprint density at radius 1 is 1.33 bits per heavy atom. The van der Waals surface area contributed by atoms with Gasteiger partial charge in [0, 0.05) is 13.1 Å². The molecule has 18 heavy (non-hydrogen) atoms. The van der Waals surface area contributed by atoms with Gasteiger partial charge in [0.2, 0.25) is 0 Å². The van der Waals surface area contributed by atoms with E-state index in [1.54, 1.807) is 12.1 Å². The van der Waals surface area contributed by atoms with Crippen LogP contribution in [0.4, 0.5) is 4.39 Å². The summed E-state index contributed by atoms with van der Waals surface area (Å²) in [5.74, 6) is -0.367. The first-order valence-corrected chi connectivity index (χ1v) is 7.22. The Labute approximate surface area is 121 Å². The maximum absolute atomic E-state index is 13.5. The van der Waals surface area contributed by atoms with Gasteiger partial charge in [0.15, 0.2) is 0 Å². The quantitative estimate of drug-likeness (QED) is 0.699. The topological polar surface area (TPSA) is 20.3 Å². The highest BCUT2D eigenvalue weighted by atomic mass is 127. The standard InChI is InChI=1S/C14H17FINO/c1-14(2)6-8-17(9-7-14)13(18)10-4-3-5-11(15)12(10)16/h3-5H,6-9H2,1-2H3. The Kier molecular flexibility index (Phi) is 3.94. The molecule has 0 atom stereocenters. The van der Waals surface area contributed by atoms with Gasteiger partial charge in [-0.1, -0.05) is 19.9 Å². The van der Waals surface area contributed by atoms with E-state index < -0.39 is 0 Å². The predicted molar refractivity (Wildman–Crippen MR) is 78.0 cm³/mol. The van der Waals surface area contributed by atoms with E-state index in [4.69, 9.17) is 0 Å². The van der Waals surface area contributed by atoms with Crippen LogP contribution in [-0.2, 0) is 0 Å². The number of carbonyl (C=O) groups is 1. The Hall–Kier alpha value is -0.650. The molecule has 0 N–H and O–H groups in total. The van der Waals surface area contributed by atoms with E-state index in [-0.39, 0.29) is 11.7 Å². The van der Waals surface area contributed by atoms with Crippen LogP contribution >= 0.6 is 22.6 Å². The van der Waals surface area contributed by atoms with Gasteiger partial charge in [0.05, 0.1) is 9.13 Å². The van der Waals surface area contributed by atoms with Crippen molar-refractivity contribution < 1.29 is 9.18 Å². The first-order valence-electron chi connectivity index (χ1n) is 6.14. The lowest BCUT2D eigenvalue weighted by molar-refractivity contribution is 0.0628. The van der Waals surface area contributed by atoms with Gasteiger partial charge in [-0.2, -0.15) is 0 Å². The summed E-state index contributed by atoms with van der Waals surface area (Å²) in [5, 5.41) is 0. The monoisotopic (exact) mass is 361 g/mol. The Morgan fingerprint density at radius 3 is 2.56 bits per heavy atom. The number of rotatable bonds is 1. The summed E-state index contributed by atoms with van der Waals surface area (Å²) in [4.78, 5) is 14.2. The molecule has 1 amide bonds. The molecule has 1 aliphatic rings. The van der Waals surface area contributed by atoms with Crippen molar-refractivity contribution in [2.45, 2.75) is 26.7 Å². The molecule has 1 heterocycles. The lowest BCUT2D eigenvalue weighted by Crippen LogP contribution is -2.41. The number of likely N-dealkylation sites (tertiary alicyclic amines) is 1. The number of piperidine rings is 1. The highest BCUT2D eigenvalue weighted by molar-refractivity contribution is 14.1. The normalized spacial score (nSPS) is 18.8. The third-order valence-electron chi connectivity index (χ3n) is 3.59. The van der Waals surface area contributed by atoms with E-state index in [2.05, 4.69) is 13.8 Å². The number of hydrogen-bond donors (Lipinski definition) is 0. The van der Waals surface area contributed by atoms with Crippen LogP contribution in [0.2, 0.25) is 0 Å². The first-order chi connectivity index (χ1) is 8.41. The Morgan fingerprint density at radius 2 is 1.94 bits per heavy atom. The van der Waals surface area contributed by atoms with E-state index in [1.807, 2.05) is 27.5 Å². The predicted octanol–water partition coefficient (Wildman–Crippen LogP) is 3.69. The summed E-state index contributed by atoms with van der Waals surface area (Å²) in [7, 11) is 0. The molecule has 2 nitrogen and oxygen atoms in total. The molecular weight excluding hydrogens is 344 g/mol. The fraction of sp³-hybridized carbons (Fsp3) is 0.500. The summed E-state index contributed by atoms with van der Waals surface area (Å²) in [6, 6.07) is 4.68. The average Bonchev–Trinajstić information content (AvgIpc) is 2.32. The third kappa shape index (κ3) is 2.84. The summed E-state index contributed by atoms with van der Waals surface area (Å²) < 4.78 is 13.9. The minimum absolute atomic E-state index is 0.0469. The van der Waals surface area contributed by atoms with Crippen LogP contribution in [0.15, 0.2) is 18.2 Å². The molecule has 0 saturated carbocycles. The SMILES string of the molecule is CC1(C)CCN(C(=O)c2cccc(F)c2I)CC1. The zero-order chi connectivity index (χ0) is 13.3. The molecular formula is C14H17FINO. The second-order valence-corrected chi connectivity index (χ2v) is 6.64. The minimum atomic E-state index is -0.321. The summed E-state index contributed by atoms with van der Waals surface area (Å²) >= 11 is 1.90. The van der Waals surface area contributed by atoms with Crippen molar-refractivity contribution in [1.82, 2.24) is 4.90 Å². The smallest absolute Gasteiger partial charge is 0.255 e. The number of amides is 1. The molecule has 2 rings (SSSR count). The lowest BCUT2D eigenvalue weighted by Gasteiger charge is -2.37. The van der Waals surface area contributed by atoms with Gasteiger partial charge in [0.25, 0.3) is 5.91 Å². The summed E-state index contributed by atoms with van der Waals surface area (Å²) in [6.45, 7) is 5.97. The average molecular weight is 361 g/mol. The Bertz CT molecular complexity index is 463. The van der Waals surface area contributed by atoms with Crippen molar-refractivity contribution in [2.75, 3.05) is 13.1 Å². The van der Waals surface area contributed by atoms with Gasteiger partial charge < -0.3 is 4.90 Å². The van der Waals surface area contributed by atoms with Crippen molar-refractivity contribution in [1.29, 1.82) is 0 Å². The minimum Gasteiger partial charge on any atom is -0.339 e. The number of carbonyl (C=O) groups excluding carboxylic acids is 1. The van der Waals surface area contributed by atoms with Crippen molar-refractivity contribution in [3.8, 4) is 0 Å². The second-order valence-electron chi connectivity index (χ2n) is 5.56. The molecule has 1 fully saturated rings. The third-order valence-corrected chi connectivity index (χ3v) is 4.68. The zero-order valence-corrected chi connectivity index (χ0v) is 12.8. The highest BCUT2D eigenvalue weighted by Crippen LogP contribution is 2.30. The van der Waals surface area contributed by atoms with Crippen molar-refractivity contribution in [3.05, 3.63) is 33.1 Å². The lowest BCUT2D eigenvalue weighted by atomic mass is 9.82. The van der Waals surface area contributed by atoms with E-state index in [0.717, 1.165) is 25.9 Å². The van der Waals surface area contributed by atoms with Crippen LogP contribution < -0.4 is 0 Å². The van der Waals surface area contributed by atoms with Crippen LogP contribution in [-0.4, -0.2) is 23.9 Å². The summed E-state index contributed by atoms with van der Waals surface area (Å²) in [5.41, 5.74) is 0.793. The van der Waals surface area contributed by atoms with E-state index in [0.29, 0.717) is 14.5 Å². The number of hydrogen-bond acceptors (Lipinski definition) is 1. The fourth-order valence-corrected chi connectivity index (χ4v) is 2.74. The second kappa shape index (κ2) is 5.15. The Balaban J connectivity index is 2.15. The van der Waals surface area contributed by atoms with Crippen molar-refractivity contribution in [2.24, 2.45) is 5.41 Å². The van der Waals surface area contributed by atoms with Crippen LogP contribution in [0.3, 0.4) is 0 Å². The van der Waals surface area contributed by atoms with Crippen LogP contribution in [0.5, 0.6) is 0 Å². The summed E-state index contributed by atoms with van der Waals surface area (Å²) in [6.07, 6.45) is 2.01. The molecule has 0 radical (unpaired) electrons. The largest absolute Gasteiger partial charge is 0.339 e. The molecule has 0 bridgehead atoms. The molecule has 1 aliphatic heterocycles. The molecule has 1 aromatic rings. The fourth-order valence-electron chi connectivity index (χ4n) is 2.15. The molecule has 4 heteroatoms. The van der Waals surface area contributed by atoms with Crippen molar-refractivity contribution >= 4 is 28.5 Å². The van der Waals surface area contributed by atoms with Gasteiger partial charge in [-0.05, 0) is 53.0 Å². The molecule has 0 unspecified atom stereocenters. The zero-order valence-electron chi connectivity index (χ0n) is 10.7. The number of halogens is 2. The van der Waals surface area contributed by atoms with E-state index >= 15 is 0 Å². The first kappa shape index (κ1) is 13.8. The van der Waals surface area contributed by atoms with E-state index in [1.165, 1.54) is 6.07 Å². The maximum Gasteiger partial charge on any atom is 0.255 e. The van der Waals surface area contributed by atoms with Crippen LogP contribution in [0.25, 0.3) is 0 Å². The van der Waals surface area contributed by atoms with E-state index in [9.17, 15) is 9.18 Å². The van der Waals surface area contributed by atoms with Crippen molar-refractivity contribution in [3.63, 3.8) is 0 Å². The molecule has 0 spiro atoms. The molecule has 98 valence electrons. The van der Waals surface area contributed by atoms with Crippen LogP contribution in [0, 0.1) is 14.8 Å².